The molecule has 2 heterocycles. The minimum atomic E-state index is -4.67. The van der Waals surface area contributed by atoms with Gasteiger partial charge in [-0.3, -0.25) is 19.1 Å². The van der Waals surface area contributed by atoms with Crippen LogP contribution in [-0.2, 0) is 10.4 Å². The first-order valence-electron chi connectivity index (χ1n) is 5.24. The number of hydrogen-bond acceptors (Lipinski definition) is 4. The molecule has 0 fully saturated rings. The van der Waals surface area contributed by atoms with Gasteiger partial charge in [-0.15, -0.1) is 0 Å². The monoisotopic (exact) mass is 284 g/mol. The van der Waals surface area contributed by atoms with Crippen molar-refractivity contribution in [2.24, 2.45) is 0 Å². The summed E-state index contributed by atoms with van der Waals surface area (Å²) in [4.78, 5) is 7.96. The van der Waals surface area contributed by atoms with Crippen LogP contribution in [0.4, 0.5) is 0 Å². The van der Waals surface area contributed by atoms with Gasteiger partial charge in [0.25, 0.3) is 0 Å². The molecule has 2 aromatic rings. The lowest BCUT2D eigenvalue weighted by molar-refractivity contribution is 0.381. The molecular formula is C12H16N2O4S. The van der Waals surface area contributed by atoms with Gasteiger partial charge in [-0.1, -0.05) is 12.1 Å². The number of aryl methyl sites for hydroxylation is 2. The predicted octanol–water partition coefficient (Wildman–Crippen LogP) is 2.13. The van der Waals surface area contributed by atoms with E-state index in [0.717, 1.165) is 11.4 Å². The molecule has 6 nitrogen and oxygen atoms in total. The molecule has 0 aliphatic carbocycles. The SMILES string of the molecule is Cc1ccccn1.Cc1ccccn1.O=S(=O)(O)O. The van der Waals surface area contributed by atoms with E-state index in [-0.39, 0.29) is 0 Å². The highest BCUT2D eigenvalue weighted by Crippen LogP contribution is 1.86. The van der Waals surface area contributed by atoms with Crippen LogP contribution < -0.4 is 0 Å². The molecule has 0 saturated carbocycles. The van der Waals surface area contributed by atoms with Gasteiger partial charge in [0.2, 0.25) is 0 Å². The molecule has 0 aliphatic rings. The van der Waals surface area contributed by atoms with Crippen LogP contribution >= 0.6 is 0 Å². The van der Waals surface area contributed by atoms with Crippen molar-refractivity contribution in [3.05, 3.63) is 60.2 Å². The van der Waals surface area contributed by atoms with Crippen molar-refractivity contribution in [2.75, 3.05) is 0 Å². The summed E-state index contributed by atoms with van der Waals surface area (Å²) in [6.45, 7) is 3.94. The van der Waals surface area contributed by atoms with E-state index >= 15 is 0 Å². The summed E-state index contributed by atoms with van der Waals surface area (Å²) >= 11 is 0. The zero-order chi connectivity index (χ0) is 14.7. The molecule has 0 aromatic carbocycles. The first-order valence-corrected chi connectivity index (χ1v) is 6.64. The van der Waals surface area contributed by atoms with Crippen LogP contribution in [0, 0.1) is 13.8 Å². The predicted molar refractivity (Wildman–Crippen MR) is 72.1 cm³/mol. The molecular weight excluding hydrogens is 268 g/mol. The van der Waals surface area contributed by atoms with E-state index in [2.05, 4.69) is 9.97 Å². The van der Waals surface area contributed by atoms with Gasteiger partial charge < -0.3 is 0 Å². The molecule has 19 heavy (non-hydrogen) atoms. The van der Waals surface area contributed by atoms with Crippen molar-refractivity contribution in [1.29, 1.82) is 0 Å². The number of hydrogen-bond donors (Lipinski definition) is 2. The van der Waals surface area contributed by atoms with Crippen LogP contribution in [0.5, 0.6) is 0 Å². The van der Waals surface area contributed by atoms with Gasteiger partial charge in [0.05, 0.1) is 0 Å². The lowest BCUT2D eigenvalue weighted by Gasteiger charge is -1.82. The van der Waals surface area contributed by atoms with E-state index in [1.807, 2.05) is 50.2 Å². The van der Waals surface area contributed by atoms with Crippen molar-refractivity contribution >= 4 is 10.4 Å². The topological polar surface area (TPSA) is 100 Å². The van der Waals surface area contributed by atoms with Gasteiger partial charge in [-0.05, 0) is 38.1 Å². The average molecular weight is 284 g/mol. The summed E-state index contributed by atoms with van der Waals surface area (Å²) in [5.41, 5.74) is 2.14. The van der Waals surface area contributed by atoms with Gasteiger partial charge >= 0.3 is 10.4 Å². The number of rotatable bonds is 0. The van der Waals surface area contributed by atoms with Crippen molar-refractivity contribution in [3.63, 3.8) is 0 Å². The fraction of sp³-hybridized carbons (Fsp3) is 0.167. The Morgan fingerprint density at radius 3 is 1.26 bits per heavy atom. The molecule has 2 rings (SSSR count). The molecule has 0 saturated heterocycles. The number of nitrogens with zero attached hydrogens (tertiary/aromatic N) is 2. The number of aromatic nitrogens is 2. The summed E-state index contributed by atoms with van der Waals surface area (Å²) in [6.07, 6.45) is 3.57. The fourth-order valence-corrected chi connectivity index (χ4v) is 0.896. The third kappa shape index (κ3) is 16.2. The highest BCUT2D eigenvalue weighted by Gasteiger charge is 1.84. The molecule has 0 aliphatic heterocycles. The molecule has 0 bridgehead atoms. The second-order valence-corrected chi connectivity index (χ2v) is 4.29. The first-order chi connectivity index (χ1) is 8.79. The normalized spacial score (nSPS) is 9.47. The lowest BCUT2D eigenvalue weighted by atomic mass is 10.4. The van der Waals surface area contributed by atoms with Crippen molar-refractivity contribution in [3.8, 4) is 0 Å². The highest BCUT2D eigenvalue weighted by molar-refractivity contribution is 7.79. The fourth-order valence-electron chi connectivity index (χ4n) is 0.896. The van der Waals surface area contributed by atoms with Crippen LogP contribution in [0.2, 0.25) is 0 Å². The third-order valence-electron chi connectivity index (χ3n) is 1.63. The molecule has 0 unspecified atom stereocenters. The summed E-state index contributed by atoms with van der Waals surface area (Å²) in [6, 6.07) is 11.7. The third-order valence-corrected chi connectivity index (χ3v) is 1.63. The Hall–Kier alpha value is -1.83. The Balaban J connectivity index is 0.000000261. The maximum Gasteiger partial charge on any atom is 0.394 e. The Morgan fingerprint density at radius 2 is 1.16 bits per heavy atom. The zero-order valence-corrected chi connectivity index (χ0v) is 11.4. The molecule has 7 heteroatoms. The smallest absolute Gasteiger partial charge is 0.264 e. The van der Waals surface area contributed by atoms with Crippen molar-refractivity contribution in [2.45, 2.75) is 13.8 Å². The lowest BCUT2D eigenvalue weighted by Crippen LogP contribution is -1.89. The quantitative estimate of drug-likeness (QED) is 0.719. The maximum atomic E-state index is 8.74. The first kappa shape index (κ1) is 17.2. The standard InChI is InChI=1S/2C6H7N.H2O4S/c2*1-6-4-2-3-5-7-6;1-5(2,3)4/h2*2-5H,1H3;(H2,1,2,3,4). The van der Waals surface area contributed by atoms with Crippen LogP contribution in [0.25, 0.3) is 0 Å². The van der Waals surface area contributed by atoms with Crippen LogP contribution in [0.3, 0.4) is 0 Å². The highest BCUT2D eigenvalue weighted by atomic mass is 32.3. The summed E-state index contributed by atoms with van der Waals surface area (Å²) in [7, 11) is -4.67. The van der Waals surface area contributed by atoms with Gasteiger partial charge in [0.1, 0.15) is 0 Å². The van der Waals surface area contributed by atoms with Gasteiger partial charge in [-0.25, -0.2) is 0 Å². The zero-order valence-electron chi connectivity index (χ0n) is 10.6. The summed E-state index contributed by atoms with van der Waals surface area (Å²) < 4.78 is 31.6. The second kappa shape index (κ2) is 9.15. The second-order valence-electron chi connectivity index (χ2n) is 3.39. The van der Waals surface area contributed by atoms with E-state index in [9.17, 15) is 0 Å². The maximum absolute atomic E-state index is 8.74. The Morgan fingerprint density at radius 1 is 0.842 bits per heavy atom. The van der Waals surface area contributed by atoms with Crippen LogP contribution in [-0.4, -0.2) is 27.5 Å². The Bertz CT molecular complexity index is 499. The Labute approximate surface area is 112 Å². The van der Waals surface area contributed by atoms with E-state index in [0.29, 0.717) is 0 Å². The van der Waals surface area contributed by atoms with Crippen molar-refractivity contribution in [1.82, 2.24) is 9.97 Å². The molecule has 104 valence electrons. The van der Waals surface area contributed by atoms with E-state index in [1.165, 1.54) is 0 Å². The molecule has 0 spiro atoms. The molecule has 0 atom stereocenters. The van der Waals surface area contributed by atoms with Crippen LogP contribution in [0.1, 0.15) is 11.4 Å². The Kier molecular flexibility index (Phi) is 8.27. The van der Waals surface area contributed by atoms with E-state index < -0.39 is 10.4 Å². The molecule has 0 radical (unpaired) electrons. The van der Waals surface area contributed by atoms with E-state index in [4.69, 9.17) is 17.5 Å². The summed E-state index contributed by atoms with van der Waals surface area (Å²) in [5, 5.41) is 0. The molecule has 2 N–H and O–H groups in total. The van der Waals surface area contributed by atoms with Crippen molar-refractivity contribution < 1.29 is 17.5 Å². The number of pyridine rings is 2. The minimum absolute atomic E-state index is 1.07. The van der Waals surface area contributed by atoms with Gasteiger partial charge in [0.15, 0.2) is 0 Å². The van der Waals surface area contributed by atoms with Gasteiger partial charge in [0, 0.05) is 23.8 Å². The summed E-state index contributed by atoms with van der Waals surface area (Å²) in [5.74, 6) is 0. The molecule has 2 aromatic heterocycles. The van der Waals surface area contributed by atoms with E-state index in [1.54, 1.807) is 12.4 Å². The largest absolute Gasteiger partial charge is 0.394 e. The van der Waals surface area contributed by atoms with Gasteiger partial charge in [-0.2, -0.15) is 8.42 Å². The van der Waals surface area contributed by atoms with Crippen LogP contribution in [0.15, 0.2) is 48.8 Å². The molecule has 0 amide bonds. The average Bonchev–Trinajstić information content (AvgIpc) is 2.29. The minimum Gasteiger partial charge on any atom is -0.264 e.